The van der Waals surface area contributed by atoms with E-state index in [1.807, 2.05) is 20.2 Å². The molecule has 16 heavy (non-hydrogen) atoms. The van der Waals surface area contributed by atoms with Crippen LogP contribution in [0.3, 0.4) is 0 Å². The summed E-state index contributed by atoms with van der Waals surface area (Å²) in [6.45, 7) is 5.85. The SMILES string of the molecule is Cc1ccc(C(N)C(C)(C)N(C)C)cc1F. The van der Waals surface area contributed by atoms with Crippen molar-refractivity contribution < 1.29 is 4.39 Å². The molecule has 2 N–H and O–H groups in total. The maximum Gasteiger partial charge on any atom is 0.126 e. The molecule has 0 aromatic heterocycles. The molecule has 0 aliphatic heterocycles. The van der Waals surface area contributed by atoms with E-state index < -0.39 is 0 Å². The lowest BCUT2D eigenvalue weighted by molar-refractivity contribution is 0.159. The quantitative estimate of drug-likeness (QED) is 0.854. The van der Waals surface area contributed by atoms with Gasteiger partial charge in [0.25, 0.3) is 0 Å². The Bertz CT molecular complexity index is 372. The summed E-state index contributed by atoms with van der Waals surface area (Å²) in [6.07, 6.45) is 0. The summed E-state index contributed by atoms with van der Waals surface area (Å²) in [4.78, 5) is 2.05. The predicted octanol–water partition coefficient (Wildman–Crippen LogP) is 2.47. The van der Waals surface area contributed by atoms with Crippen LogP contribution >= 0.6 is 0 Å². The topological polar surface area (TPSA) is 29.3 Å². The average molecular weight is 224 g/mol. The van der Waals surface area contributed by atoms with E-state index in [1.165, 1.54) is 6.07 Å². The molecule has 0 radical (unpaired) electrons. The highest BCUT2D eigenvalue weighted by molar-refractivity contribution is 5.27. The average Bonchev–Trinajstić information content (AvgIpc) is 2.20. The number of halogens is 1. The van der Waals surface area contributed by atoms with Crippen LogP contribution in [-0.2, 0) is 0 Å². The second-order valence-electron chi connectivity index (χ2n) is 5.03. The van der Waals surface area contributed by atoms with E-state index in [1.54, 1.807) is 13.0 Å². The molecular weight excluding hydrogens is 203 g/mol. The molecule has 0 aliphatic rings. The Morgan fingerprint density at radius 3 is 2.31 bits per heavy atom. The molecular formula is C13H21FN2. The fourth-order valence-corrected chi connectivity index (χ4v) is 1.49. The molecule has 1 aromatic rings. The molecule has 0 aliphatic carbocycles. The number of hydrogen-bond donors (Lipinski definition) is 1. The fraction of sp³-hybridized carbons (Fsp3) is 0.538. The third-order valence-electron chi connectivity index (χ3n) is 3.47. The van der Waals surface area contributed by atoms with Crippen LogP contribution in [0.1, 0.15) is 31.0 Å². The van der Waals surface area contributed by atoms with E-state index in [-0.39, 0.29) is 17.4 Å². The van der Waals surface area contributed by atoms with Gasteiger partial charge in [0.15, 0.2) is 0 Å². The van der Waals surface area contributed by atoms with Gasteiger partial charge in [-0.05, 0) is 52.1 Å². The number of nitrogens with two attached hydrogens (primary N) is 1. The first-order valence-corrected chi connectivity index (χ1v) is 5.46. The highest BCUT2D eigenvalue weighted by Gasteiger charge is 2.30. The van der Waals surface area contributed by atoms with Crippen molar-refractivity contribution in [3.8, 4) is 0 Å². The maximum absolute atomic E-state index is 13.5. The summed E-state index contributed by atoms with van der Waals surface area (Å²) in [5.41, 5.74) is 7.46. The zero-order valence-corrected chi connectivity index (χ0v) is 10.7. The van der Waals surface area contributed by atoms with E-state index in [2.05, 4.69) is 18.7 Å². The van der Waals surface area contributed by atoms with Gasteiger partial charge in [0.1, 0.15) is 5.82 Å². The number of likely N-dealkylation sites (N-methyl/N-ethyl adjacent to an activating group) is 1. The van der Waals surface area contributed by atoms with Gasteiger partial charge in [0.05, 0.1) is 0 Å². The Labute approximate surface area is 97.3 Å². The van der Waals surface area contributed by atoms with Crippen LogP contribution in [0.4, 0.5) is 4.39 Å². The standard InChI is InChI=1S/C13H21FN2/c1-9-6-7-10(8-11(9)14)12(15)13(2,3)16(4)5/h6-8,12H,15H2,1-5H3. The molecule has 0 amide bonds. The first kappa shape index (κ1) is 13.1. The first-order chi connectivity index (χ1) is 7.26. The molecule has 0 saturated heterocycles. The molecule has 0 spiro atoms. The molecule has 0 saturated carbocycles. The Balaban J connectivity index is 3.05. The number of benzene rings is 1. The van der Waals surface area contributed by atoms with Crippen LogP contribution in [0.15, 0.2) is 18.2 Å². The van der Waals surface area contributed by atoms with Gasteiger partial charge >= 0.3 is 0 Å². The fourth-order valence-electron chi connectivity index (χ4n) is 1.49. The van der Waals surface area contributed by atoms with Gasteiger partial charge in [0.2, 0.25) is 0 Å². The minimum Gasteiger partial charge on any atom is -0.322 e. The molecule has 0 heterocycles. The first-order valence-electron chi connectivity index (χ1n) is 5.46. The van der Waals surface area contributed by atoms with Crippen molar-refractivity contribution in [3.63, 3.8) is 0 Å². The van der Waals surface area contributed by atoms with Gasteiger partial charge in [-0.25, -0.2) is 4.39 Å². The van der Waals surface area contributed by atoms with E-state index in [0.29, 0.717) is 5.56 Å². The van der Waals surface area contributed by atoms with Crippen molar-refractivity contribution >= 4 is 0 Å². The lowest BCUT2D eigenvalue weighted by Crippen LogP contribution is -2.47. The molecule has 90 valence electrons. The van der Waals surface area contributed by atoms with Crippen LogP contribution < -0.4 is 5.73 Å². The molecule has 3 heteroatoms. The summed E-state index contributed by atoms with van der Waals surface area (Å²) >= 11 is 0. The van der Waals surface area contributed by atoms with Crippen molar-refractivity contribution in [2.24, 2.45) is 5.73 Å². The smallest absolute Gasteiger partial charge is 0.126 e. The Kier molecular flexibility index (Phi) is 3.71. The molecule has 1 rings (SSSR count). The largest absolute Gasteiger partial charge is 0.322 e. The zero-order valence-electron chi connectivity index (χ0n) is 10.7. The third-order valence-corrected chi connectivity index (χ3v) is 3.47. The second-order valence-corrected chi connectivity index (χ2v) is 5.03. The van der Waals surface area contributed by atoms with E-state index >= 15 is 0 Å². The Morgan fingerprint density at radius 2 is 1.88 bits per heavy atom. The summed E-state index contributed by atoms with van der Waals surface area (Å²) in [5, 5.41) is 0. The van der Waals surface area contributed by atoms with Gasteiger partial charge in [0, 0.05) is 11.6 Å². The molecule has 0 fully saturated rings. The van der Waals surface area contributed by atoms with Crippen LogP contribution in [0.2, 0.25) is 0 Å². The number of hydrogen-bond acceptors (Lipinski definition) is 2. The van der Waals surface area contributed by atoms with Crippen molar-refractivity contribution in [1.82, 2.24) is 4.90 Å². The predicted molar refractivity (Wildman–Crippen MR) is 65.8 cm³/mol. The minimum absolute atomic E-state index is 0.192. The third kappa shape index (κ3) is 2.42. The molecule has 1 unspecified atom stereocenters. The van der Waals surface area contributed by atoms with E-state index in [9.17, 15) is 4.39 Å². The highest BCUT2D eigenvalue weighted by atomic mass is 19.1. The van der Waals surface area contributed by atoms with Gasteiger partial charge in [-0.1, -0.05) is 12.1 Å². The van der Waals surface area contributed by atoms with Crippen LogP contribution in [0.5, 0.6) is 0 Å². The van der Waals surface area contributed by atoms with Gasteiger partial charge in [-0.15, -0.1) is 0 Å². The van der Waals surface area contributed by atoms with Crippen molar-refractivity contribution in [3.05, 3.63) is 35.1 Å². The monoisotopic (exact) mass is 224 g/mol. The van der Waals surface area contributed by atoms with Crippen molar-refractivity contribution in [2.45, 2.75) is 32.4 Å². The van der Waals surface area contributed by atoms with E-state index in [4.69, 9.17) is 5.73 Å². The second kappa shape index (κ2) is 4.52. The van der Waals surface area contributed by atoms with Crippen LogP contribution in [0.25, 0.3) is 0 Å². The Morgan fingerprint density at radius 1 is 1.31 bits per heavy atom. The highest BCUT2D eigenvalue weighted by Crippen LogP contribution is 2.27. The Hall–Kier alpha value is -0.930. The van der Waals surface area contributed by atoms with Gasteiger partial charge in [-0.2, -0.15) is 0 Å². The number of rotatable bonds is 3. The van der Waals surface area contributed by atoms with Crippen LogP contribution in [0, 0.1) is 12.7 Å². The van der Waals surface area contributed by atoms with Crippen molar-refractivity contribution in [2.75, 3.05) is 14.1 Å². The van der Waals surface area contributed by atoms with Crippen molar-refractivity contribution in [1.29, 1.82) is 0 Å². The molecule has 1 aromatic carbocycles. The number of nitrogens with zero attached hydrogens (tertiary/aromatic N) is 1. The lowest BCUT2D eigenvalue weighted by atomic mass is 9.88. The maximum atomic E-state index is 13.5. The normalized spacial score (nSPS) is 14.2. The molecule has 1 atom stereocenters. The van der Waals surface area contributed by atoms with E-state index in [0.717, 1.165) is 5.56 Å². The summed E-state index contributed by atoms with van der Waals surface area (Å²) < 4.78 is 13.5. The van der Waals surface area contributed by atoms with Crippen LogP contribution in [-0.4, -0.2) is 24.5 Å². The van der Waals surface area contributed by atoms with Gasteiger partial charge < -0.3 is 10.6 Å². The number of aryl methyl sites for hydroxylation is 1. The summed E-state index contributed by atoms with van der Waals surface area (Å²) in [5.74, 6) is -0.192. The lowest BCUT2D eigenvalue weighted by Gasteiger charge is -2.38. The summed E-state index contributed by atoms with van der Waals surface area (Å²) in [7, 11) is 3.95. The summed E-state index contributed by atoms with van der Waals surface area (Å²) in [6, 6.07) is 4.99. The minimum atomic E-state index is -0.211. The molecule has 2 nitrogen and oxygen atoms in total. The van der Waals surface area contributed by atoms with Gasteiger partial charge in [-0.3, -0.25) is 0 Å². The molecule has 0 bridgehead atoms. The zero-order chi connectivity index (χ0) is 12.5.